The maximum Gasteiger partial charge on any atom is 0.319 e. The maximum atomic E-state index is 11.7. The Morgan fingerprint density at radius 2 is 1.96 bits per heavy atom. The third-order valence-electron chi connectivity index (χ3n) is 4.19. The molecule has 1 aliphatic heterocycles. The second-order valence-electron chi connectivity index (χ2n) is 5.89. The summed E-state index contributed by atoms with van der Waals surface area (Å²) in [5.74, 6) is 0. The summed E-state index contributed by atoms with van der Waals surface area (Å²) >= 11 is 0. The minimum absolute atomic E-state index is 0.190. The molecule has 1 saturated heterocycles. The summed E-state index contributed by atoms with van der Waals surface area (Å²) in [5.41, 5.74) is 1.97. The average molecular weight is 328 g/mol. The van der Waals surface area contributed by atoms with Crippen LogP contribution in [0.4, 0.5) is 16.2 Å². The lowest BCUT2D eigenvalue weighted by Gasteiger charge is -2.36. The van der Waals surface area contributed by atoms with Crippen LogP contribution in [-0.4, -0.2) is 60.4 Å². The molecule has 0 bridgehead atoms. The van der Waals surface area contributed by atoms with Gasteiger partial charge in [-0.1, -0.05) is 18.2 Å². The van der Waals surface area contributed by atoms with Gasteiger partial charge in [0.25, 0.3) is 0 Å². The van der Waals surface area contributed by atoms with Crippen molar-refractivity contribution in [3.63, 3.8) is 0 Å². The molecule has 0 radical (unpaired) electrons. The number of nitrogens with zero attached hydrogens (tertiary/aromatic N) is 3. The summed E-state index contributed by atoms with van der Waals surface area (Å²) in [4.78, 5) is 16.6. The highest BCUT2D eigenvalue weighted by atomic mass is 16.2. The topological polar surface area (TPSA) is 76.3 Å². The lowest BCUT2D eigenvalue weighted by atomic mass is 10.2. The first kappa shape index (κ1) is 16.3. The number of aromatic amines is 1. The molecule has 0 atom stereocenters. The fourth-order valence-corrected chi connectivity index (χ4v) is 2.87. The Bertz CT molecular complexity index is 607. The first-order valence-electron chi connectivity index (χ1n) is 8.37. The molecule has 7 heteroatoms. The van der Waals surface area contributed by atoms with Gasteiger partial charge in [0.05, 0.1) is 11.9 Å². The first-order chi connectivity index (χ1) is 11.8. The molecule has 1 aromatic heterocycles. The van der Waals surface area contributed by atoms with Crippen molar-refractivity contribution in [2.24, 2.45) is 0 Å². The number of piperazine rings is 1. The highest BCUT2D eigenvalue weighted by Gasteiger charge is 2.16. The number of para-hydroxylation sites is 1. The zero-order valence-electron chi connectivity index (χ0n) is 13.7. The normalized spacial score (nSPS) is 15.2. The van der Waals surface area contributed by atoms with Crippen molar-refractivity contribution in [2.75, 3.05) is 49.5 Å². The van der Waals surface area contributed by atoms with Gasteiger partial charge in [-0.2, -0.15) is 5.10 Å². The van der Waals surface area contributed by atoms with Crippen LogP contribution in [0.1, 0.15) is 6.42 Å². The van der Waals surface area contributed by atoms with E-state index in [1.165, 1.54) is 5.69 Å². The van der Waals surface area contributed by atoms with Crippen LogP contribution in [0.3, 0.4) is 0 Å². The van der Waals surface area contributed by atoms with E-state index in [1.807, 2.05) is 0 Å². The molecule has 2 heterocycles. The van der Waals surface area contributed by atoms with E-state index < -0.39 is 0 Å². The van der Waals surface area contributed by atoms with Gasteiger partial charge in [0.15, 0.2) is 0 Å². The summed E-state index contributed by atoms with van der Waals surface area (Å²) in [6, 6.07) is 10.4. The number of hydrogen-bond donors (Lipinski definition) is 3. The number of carbonyl (C=O) groups excluding carboxylic acids is 1. The minimum atomic E-state index is -0.190. The molecular weight excluding hydrogens is 304 g/mol. The fourth-order valence-electron chi connectivity index (χ4n) is 2.87. The Labute approximate surface area is 142 Å². The van der Waals surface area contributed by atoms with Crippen LogP contribution < -0.4 is 15.5 Å². The van der Waals surface area contributed by atoms with Crippen LogP contribution in [0.5, 0.6) is 0 Å². The number of nitrogens with one attached hydrogen (secondary N) is 3. The second-order valence-corrected chi connectivity index (χ2v) is 5.89. The quantitative estimate of drug-likeness (QED) is 0.706. The largest absolute Gasteiger partial charge is 0.369 e. The fraction of sp³-hybridized carbons (Fsp3) is 0.412. The summed E-state index contributed by atoms with van der Waals surface area (Å²) in [5, 5.41) is 12.0. The zero-order chi connectivity index (χ0) is 16.6. The summed E-state index contributed by atoms with van der Waals surface area (Å²) < 4.78 is 0. The van der Waals surface area contributed by atoms with Gasteiger partial charge in [0.1, 0.15) is 0 Å². The van der Waals surface area contributed by atoms with Crippen molar-refractivity contribution < 1.29 is 4.79 Å². The van der Waals surface area contributed by atoms with Gasteiger partial charge in [-0.05, 0) is 25.1 Å². The summed E-state index contributed by atoms with van der Waals surface area (Å²) in [6.45, 7) is 5.92. The molecule has 2 aromatic rings. The van der Waals surface area contributed by atoms with E-state index in [2.05, 4.69) is 61.0 Å². The van der Waals surface area contributed by atoms with Crippen molar-refractivity contribution in [1.29, 1.82) is 0 Å². The standard InChI is InChI=1S/C17H24N6O/c24-17(21-15-13-19-20-14-15)18-7-4-8-22-9-11-23(12-10-22)16-5-2-1-3-6-16/h1-3,5-6,13-14H,4,7-12H2,(H,19,20)(H2,18,21,24). The third-order valence-corrected chi connectivity index (χ3v) is 4.19. The van der Waals surface area contributed by atoms with Crippen LogP contribution in [-0.2, 0) is 0 Å². The monoisotopic (exact) mass is 328 g/mol. The van der Waals surface area contributed by atoms with Gasteiger partial charge in [-0.15, -0.1) is 0 Å². The molecule has 1 aliphatic rings. The van der Waals surface area contributed by atoms with Crippen LogP contribution in [0.15, 0.2) is 42.7 Å². The molecule has 0 saturated carbocycles. The van der Waals surface area contributed by atoms with Gasteiger partial charge >= 0.3 is 6.03 Å². The number of anilines is 2. The predicted octanol–water partition coefficient (Wildman–Crippen LogP) is 1.74. The SMILES string of the molecule is O=C(NCCCN1CCN(c2ccccc2)CC1)Nc1cn[nH]c1. The minimum Gasteiger partial charge on any atom is -0.369 e. The van der Waals surface area contributed by atoms with E-state index in [9.17, 15) is 4.79 Å². The Hall–Kier alpha value is -2.54. The Morgan fingerprint density at radius 1 is 1.17 bits per heavy atom. The molecule has 3 rings (SSSR count). The number of H-pyrrole nitrogens is 1. The summed E-state index contributed by atoms with van der Waals surface area (Å²) in [7, 11) is 0. The van der Waals surface area contributed by atoms with Crippen LogP contribution in [0, 0.1) is 0 Å². The number of urea groups is 1. The van der Waals surface area contributed by atoms with Gasteiger partial charge < -0.3 is 15.5 Å². The van der Waals surface area contributed by atoms with Crippen LogP contribution in [0.2, 0.25) is 0 Å². The molecule has 0 aliphatic carbocycles. The Balaban J connectivity index is 1.29. The van der Waals surface area contributed by atoms with E-state index >= 15 is 0 Å². The van der Waals surface area contributed by atoms with E-state index in [0.29, 0.717) is 12.2 Å². The molecule has 3 N–H and O–H groups in total. The molecule has 2 amide bonds. The van der Waals surface area contributed by atoms with Gasteiger partial charge in [-0.3, -0.25) is 10.00 Å². The lowest BCUT2D eigenvalue weighted by Crippen LogP contribution is -2.47. The average Bonchev–Trinajstić information content (AvgIpc) is 3.13. The number of aromatic nitrogens is 2. The first-order valence-corrected chi connectivity index (χ1v) is 8.37. The van der Waals surface area contributed by atoms with E-state index in [1.54, 1.807) is 12.4 Å². The number of amides is 2. The van der Waals surface area contributed by atoms with E-state index in [0.717, 1.165) is 39.1 Å². The predicted molar refractivity (Wildman–Crippen MR) is 95.3 cm³/mol. The smallest absolute Gasteiger partial charge is 0.319 e. The zero-order valence-corrected chi connectivity index (χ0v) is 13.7. The van der Waals surface area contributed by atoms with Crippen molar-refractivity contribution in [3.05, 3.63) is 42.7 Å². The van der Waals surface area contributed by atoms with Crippen molar-refractivity contribution in [2.45, 2.75) is 6.42 Å². The van der Waals surface area contributed by atoms with Crippen LogP contribution in [0.25, 0.3) is 0 Å². The number of carbonyl (C=O) groups is 1. The van der Waals surface area contributed by atoms with Crippen molar-refractivity contribution in [1.82, 2.24) is 20.4 Å². The number of hydrogen-bond acceptors (Lipinski definition) is 4. The Kier molecular flexibility index (Phi) is 5.68. The van der Waals surface area contributed by atoms with E-state index in [4.69, 9.17) is 0 Å². The van der Waals surface area contributed by atoms with Crippen LogP contribution >= 0.6 is 0 Å². The number of benzene rings is 1. The number of rotatable bonds is 6. The summed E-state index contributed by atoms with van der Waals surface area (Å²) in [6.07, 6.45) is 4.17. The van der Waals surface area contributed by atoms with Gasteiger partial charge in [-0.25, -0.2) is 4.79 Å². The molecule has 24 heavy (non-hydrogen) atoms. The highest BCUT2D eigenvalue weighted by molar-refractivity contribution is 5.88. The molecule has 1 fully saturated rings. The molecule has 7 nitrogen and oxygen atoms in total. The molecule has 0 spiro atoms. The van der Waals surface area contributed by atoms with Crippen molar-refractivity contribution in [3.8, 4) is 0 Å². The van der Waals surface area contributed by atoms with Gasteiger partial charge in [0.2, 0.25) is 0 Å². The molecule has 0 unspecified atom stereocenters. The Morgan fingerprint density at radius 3 is 2.67 bits per heavy atom. The molecule has 1 aromatic carbocycles. The third kappa shape index (κ3) is 4.73. The van der Waals surface area contributed by atoms with E-state index in [-0.39, 0.29) is 6.03 Å². The van der Waals surface area contributed by atoms with Gasteiger partial charge in [0, 0.05) is 44.6 Å². The van der Waals surface area contributed by atoms with Crippen molar-refractivity contribution >= 4 is 17.4 Å². The molecule has 128 valence electrons. The highest BCUT2D eigenvalue weighted by Crippen LogP contribution is 2.15. The maximum absolute atomic E-state index is 11.7. The second kappa shape index (κ2) is 8.35. The lowest BCUT2D eigenvalue weighted by molar-refractivity contribution is 0.244. The molecular formula is C17H24N6O.